The van der Waals surface area contributed by atoms with Crippen LogP contribution in [0.4, 0.5) is 10.1 Å². The van der Waals surface area contributed by atoms with E-state index in [2.05, 4.69) is 21.6 Å². The molecule has 0 radical (unpaired) electrons. The number of nitriles is 1. The summed E-state index contributed by atoms with van der Waals surface area (Å²) in [5.41, 5.74) is 2.56. The molecule has 4 aromatic rings. The Balaban J connectivity index is 1.62. The molecule has 0 fully saturated rings. The Hall–Kier alpha value is -3.96. The van der Waals surface area contributed by atoms with Crippen LogP contribution >= 0.6 is 11.8 Å². The Morgan fingerprint density at radius 1 is 1.06 bits per heavy atom. The van der Waals surface area contributed by atoms with Gasteiger partial charge in [-0.3, -0.25) is 9.36 Å². The smallest absolute Gasteiger partial charge is 0.237 e. The van der Waals surface area contributed by atoms with E-state index < -0.39 is 5.25 Å². The molecule has 6 nitrogen and oxygen atoms in total. The van der Waals surface area contributed by atoms with Crippen LogP contribution in [0.3, 0.4) is 0 Å². The number of thioether (sulfide) groups is 1. The monoisotopic (exact) mass is 443 g/mol. The van der Waals surface area contributed by atoms with Gasteiger partial charge in [0.25, 0.3) is 0 Å². The van der Waals surface area contributed by atoms with Gasteiger partial charge in [0.05, 0.1) is 16.9 Å². The van der Waals surface area contributed by atoms with Gasteiger partial charge >= 0.3 is 0 Å². The van der Waals surface area contributed by atoms with Gasteiger partial charge < -0.3 is 5.32 Å². The molecule has 0 saturated heterocycles. The first-order valence-corrected chi connectivity index (χ1v) is 10.7. The Kier molecular flexibility index (Phi) is 6.29. The highest BCUT2D eigenvalue weighted by Crippen LogP contribution is 2.30. The molecular formula is C24H18FN5OS. The molecule has 0 bridgehead atoms. The number of benzene rings is 3. The number of carbonyl (C=O) groups is 1. The number of halogens is 1. The van der Waals surface area contributed by atoms with Crippen molar-refractivity contribution in [1.82, 2.24) is 14.8 Å². The van der Waals surface area contributed by atoms with Gasteiger partial charge in [-0.25, -0.2) is 4.39 Å². The van der Waals surface area contributed by atoms with Crippen molar-refractivity contribution in [1.29, 1.82) is 5.26 Å². The maximum atomic E-state index is 13.4. The second-order valence-electron chi connectivity index (χ2n) is 6.93. The van der Waals surface area contributed by atoms with Gasteiger partial charge in [0, 0.05) is 16.9 Å². The number of para-hydroxylation sites is 1. The minimum absolute atomic E-state index is 0.226. The number of hydrogen-bond donors (Lipinski definition) is 1. The summed E-state index contributed by atoms with van der Waals surface area (Å²) in [6, 6.07) is 24.4. The third-order valence-corrected chi connectivity index (χ3v) is 5.70. The average molecular weight is 444 g/mol. The summed E-state index contributed by atoms with van der Waals surface area (Å²) in [6.45, 7) is 1.77. The van der Waals surface area contributed by atoms with Crippen LogP contribution in [0.1, 0.15) is 12.5 Å². The fourth-order valence-corrected chi connectivity index (χ4v) is 3.93. The van der Waals surface area contributed by atoms with Crippen LogP contribution in [0.2, 0.25) is 0 Å². The number of rotatable bonds is 6. The van der Waals surface area contributed by atoms with Gasteiger partial charge in [0.2, 0.25) is 5.91 Å². The summed E-state index contributed by atoms with van der Waals surface area (Å²) in [5, 5.41) is 20.5. The number of nitrogens with one attached hydrogen (secondary N) is 1. The van der Waals surface area contributed by atoms with E-state index in [-0.39, 0.29) is 11.7 Å². The molecule has 0 saturated carbocycles. The second kappa shape index (κ2) is 9.45. The molecule has 0 aliphatic carbocycles. The number of hydrogen-bond acceptors (Lipinski definition) is 5. The van der Waals surface area contributed by atoms with Crippen LogP contribution in [0.15, 0.2) is 84.0 Å². The molecule has 3 aromatic carbocycles. The van der Waals surface area contributed by atoms with Crippen molar-refractivity contribution in [2.75, 3.05) is 5.32 Å². The highest BCUT2D eigenvalue weighted by atomic mass is 32.2. The van der Waals surface area contributed by atoms with Crippen molar-refractivity contribution in [2.24, 2.45) is 0 Å². The predicted molar refractivity (Wildman–Crippen MR) is 122 cm³/mol. The molecule has 4 rings (SSSR count). The summed E-state index contributed by atoms with van der Waals surface area (Å²) in [7, 11) is 0. The molecule has 0 spiro atoms. The van der Waals surface area contributed by atoms with Crippen molar-refractivity contribution in [2.45, 2.75) is 17.3 Å². The normalized spacial score (nSPS) is 11.5. The van der Waals surface area contributed by atoms with E-state index in [0.29, 0.717) is 27.8 Å². The van der Waals surface area contributed by atoms with E-state index in [1.807, 2.05) is 34.9 Å². The molecule has 158 valence electrons. The van der Waals surface area contributed by atoms with E-state index >= 15 is 0 Å². The maximum Gasteiger partial charge on any atom is 0.237 e. The first-order valence-electron chi connectivity index (χ1n) is 9.79. The Morgan fingerprint density at radius 3 is 2.53 bits per heavy atom. The molecule has 8 heteroatoms. The predicted octanol–water partition coefficient (Wildman–Crippen LogP) is 5.06. The van der Waals surface area contributed by atoms with E-state index in [1.165, 1.54) is 23.9 Å². The standard InChI is InChI=1S/C24H18FN5OS/c1-16(23(31)27-20-7-5-6-17(14-20)15-26)32-24-29-28-22(18-10-12-19(25)13-11-18)30(24)21-8-3-2-4-9-21/h2-14,16H,1H3,(H,27,31). The summed E-state index contributed by atoms with van der Waals surface area (Å²) in [5.74, 6) is -0.0102. The average Bonchev–Trinajstić information content (AvgIpc) is 3.23. The zero-order valence-electron chi connectivity index (χ0n) is 17.1. The maximum absolute atomic E-state index is 13.4. The third kappa shape index (κ3) is 4.68. The molecule has 1 N–H and O–H groups in total. The van der Waals surface area contributed by atoms with Crippen LogP contribution in [0.25, 0.3) is 17.1 Å². The van der Waals surface area contributed by atoms with Crippen LogP contribution in [-0.2, 0) is 4.79 Å². The molecule has 1 amide bonds. The zero-order chi connectivity index (χ0) is 22.5. The highest BCUT2D eigenvalue weighted by Gasteiger charge is 2.22. The fraction of sp³-hybridized carbons (Fsp3) is 0.0833. The van der Waals surface area contributed by atoms with E-state index in [1.54, 1.807) is 43.3 Å². The number of carbonyl (C=O) groups excluding carboxylic acids is 1. The molecule has 32 heavy (non-hydrogen) atoms. The van der Waals surface area contributed by atoms with Crippen molar-refractivity contribution >= 4 is 23.4 Å². The van der Waals surface area contributed by atoms with Crippen molar-refractivity contribution in [3.63, 3.8) is 0 Å². The third-order valence-electron chi connectivity index (χ3n) is 4.66. The molecule has 1 heterocycles. The van der Waals surface area contributed by atoms with Crippen LogP contribution in [-0.4, -0.2) is 25.9 Å². The lowest BCUT2D eigenvalue weighted by molar-refractivity contribution is -0.115. The number of aromatic nitrogens is 3. The Bertz CT molecular complexity index is 1280. The minimum Gasteiger partial charge on any atom is -0.325 e. The van der Waals surface area contributed by atoms with Crippen molar-refractivity contribution in [3.8, 4) is 23.1 Å². The topological polar surface area (TPSA) is 83.6 Å². The molecule has 0 aliphatic rings. The summed E-state index contributed by atoms with van der Waals surface area (Å²) >= 11 is 1.26. The number of anilines is 1. The van der Waals surface area contributed by atoms with Crippen molar-refractivity contribution in [3.05, 3.63) is 90.2 Å². The first-order chi connectivity index (χ1) is 15.5. The largest absolute Gasteiger partial charge is 0.325 e. The van der Waals surface area contributed by atoms with Crippen LogP contribution in [0.5, 0.6) is 0 Å². The quantitative estimate of drug-likeness (QED) is 0.421. The lowest BCUT2D eigenvalue weighted by Crippen LogP contribution is -2.23. The van der Waals surface area contributed by atoms with E-state index in [9.17, 15) is 9.18 Å². The lowest BCUT2D eigenvalue weighted by Gasteiger charge is -2.14. The van der Waals surface area contributed by atoms with Crippen molar-refractivity contribution < 1.29 is 9.18 Å². The summed E-state index contributed by atoms with van der Waals surface area (Å²) in [6.07, 6.45) is 0. The van der Waals surface area contributed by atoms with Gasteiger partial charge in [0.1, 0.15) is 5.82 Å². The minimum atomic E-state index is -0.492. The SMILES string of the molecule is CC(Sc1nnc(-c2ccc(F)cc2)n1-c1ccccc1)C(=O)Nc1cccc(C#N)c1. The summed E-state index contributed by atoms with van der Waals surface area (Å²) in [4.78, 5) is 12.8. The molecular weight excluding hydrogens is 425 g/mol. The first kappa shape index (κ1) is 21.3. The van der Waals surface area contributed by atoms with Gasteiger partial charge in [-0.15, -0.1) is 10.2 Å². The molecule has 1 aromatic heterocycles. The van der Waals surface area contributed by atoms with E-state index in [4.69, 9.17) is 5.26 Å². The molecule has 1 unspecified atom stereocenters. The van der Waals surface area contributed by atoms with Crippen LogP contribution in [0, 0.1) is 17.1 Å². The molecule has 0 aliphatic heterocycles. The fourth-order valence-electron chi connectivity index (χ4n) is 3.06. The van der Waals surface area contributed by atoms with Gasteiger partial charge in [-0.2, -0.15) is 5.26 Å². The van der Waals surface area contributed by atoms with Gasteiger partial charge in [-0.1, -0.05) is 36.0 Å². The van der Waals surface area contributed by atoms with Gasteiger partial charge in [-0.05, 0) is 61.5 Å². The number of amides is 1. The number of nitrogens with zero attached hydrogens (tertiary/aromatic N) is 4. The lowest BCUT2D eigenvalue weighted by atomic mass is 10.2. The van der Waals surface area contributed by atoms with E-state index in [0.717, 1.165) is 5.69 Å². The van der Waals surface area contributed by atoms with Gasteiger partial charge in [0.15, 0.2) is 11.0 Å². The highest BCUT2D eigenvalue weighted by molar-refractivity contribution is 8.00. The Morgan fingerprint density at radius 2 is 1.81 bits per heavy atom. The zero-order valence-corrected chi connectivity index (χ0v) is 17.9. The summed E-state index contributed by atoms with van der Waals surface area (Å²) < 4.78 is 15.3. The molecule has 1 atom stereocenters. The van der Waals surface area contributed by atoms with Crippen LogP contribution < -0.4 is 5.32 Å². The second-order valence-corrected chi connectivity index (χ2v) is 8.23. The Labute approximate surface area is 188 Å².